The molecule has 1 fully saturated rings. The molecule has 116 valence electrons. The van der Waals surface area contributed by atoms with E-state index in [1.165, 1.54) is 37.9 Å². The molecular formula is C19H20N4. The van der Waals surface area contributed by atoms with Crippen LogP contribution < -0.4 is 0 Å². The molecule has 1 saturated heterocycles. The van der Waals surface area contributed by atoms with Gasteiger partial charge in [0.05, 0.1) is 5.69 Å². The Kier molecular flexibility index (Phi) is 3.99. The minimum absolute atomic E-state index is 0.700. The molecule has 0 amide bonds. The van der Waals surface area contributed by atoms with E-state index in [9.17, 15) is 0 Å². The zero-order valence-corrected chi connectivity index (χ0v) is 13.2. The average molecular weight is 304 g/mol. The van der Waals surface area contributed by atoms with Crippen LogP contribution in [-0.2, 0) is 6.54 Å². The Morgan fingerprint density at radius 1 is 0.913 bits per heavy atom. The van der Waals surface area contributed by atoms with Crippen LogP contribution in [0.3, 0.4) is 0 Å². The number of aromatic nitrogens is 3. The van der Waals surface area contributed by atoms with Crippen molar-refractivity contribution in [1.29, 1.82) is 0 Å². The van der Waals surface area contributed by atoms with Gasteiger partial charge in [0.25, 0.3) is 0 Å². The van der Waals surface area contributed by atoms with Crippen LogP contribution in [0.4, 0.5) is 0 Å². The second-order valence-corrected chi connectivity index (χ2v) is 6.13. The summed E-state index contributed by atoms with van der Waals surface area (Å²) in [6.07, 6.45) is 7.41. The van der Waals surface area contributed by atoms with Gasteiger partial charge in [-0.1, -0.05) is 24.6 Å². The van der Waals surface area contributed by atoms with Crippen LogP contribution >= 0.6 is 0 Å². The van der Waals surface area contributed by atoms with Gasteiger partial charge in [-0.25, -0.2) is 9.97 Å². The molecule has 4 heteroatoms. The Morgan fingerprint density at radius 2 is 1.78 bits per heavy atom. The molecule has 3 heterocycles. The normalized spacial score (nSPS) is 15.8. The van der Waals surface area contributed by atoms with E-state index in [1.54, 1.807) is 12.4 Å². The highest BCUT2D eigenvalue weighted by atomic mass is 15.1. The molecule has 0 spiro atoms. The number of pyridine rings is 1. The van der Waals surface area contributed by atoms with Crippen molar-refractivity contribution >= 4 is 11.2 Å². The maximum absolute atomic E-state index is 4.65. The van der Waals surface area contributed by atoms with Crippen LogP contribution in [0.15, 0.2) is 48.8 Å². The first-order chi connectivity index (χ1) is 11.4. The second kappa shape index (κ2) is 6.42. The lowest BCUT2D eigenvalue weighted by molar-refractivity contribution is 0.221. The van der Waals surface area contributed by atoms with Gasteiger partial charge >= 0.3 is 0 Å². The molecule has 0 radical (unpaired) electrons. The number of nitrogens with zero attached hydrogens (tertiary/aromatic N) is 4. The fraction of sp³-hybridized carbons (Fsp3) is 0.316. The van der Waals surface area contributed by atoms with Crippen molar-refractivity contribution in [1.82, 2.24) is 19.9 Å². The quantitative estimate of drug-likeness (QED) is 0.740. The maximum atomic E-state index is 4.65. The number of hydrogen-bond acceptors (Lipinski definition) is 4. The number of benzene rings is 1. The van der Waals surface area contributed by atoms with Crippen LogP contribution in [0.1, 0.15) is 24.8 Å². The van der Waals surface area contributed by atoms with Gasteiger partial charge in [-0.05, 0) is 49.7 Å². The molecule has 0 aliphatic carbocycles. The van der Waals surface area contributed by atoms with E-state index < -0.39 is 0 Å². The lowest BCUT2D eigenvalue weighted by atomic mass is 10.1. The minimum Gasteiger partial charge on any atom is -0.299 e. The molecule has 0 bridgehead atoms. The van der Waals surface area contributed by atoms with E-state index in [-0.39, 0.29) is 0 Å². The standard InChI is InChI=1S/C19H20N4/c1-2-11-23(12-3-1)14-15-5-4-6-16(13-15)17-7-8-18-19(22-17)21-10-9-20-18/h4-10,13H,1-3,11-12,14H2. The second-order valence-electron chi connectivity index (χ2n) is 6.13. The third kappa shape index (κ3) is 3.22. The van der Waals surface area contributed by atoms with E-state index in [4.69, 9.17) is 0 Å². The summed E-state index contributed by atoms with van der Waals surface area (Å²) in [5.41, 5.74) is 4.99. The monoisotopic (exact) mass is 304 g/mol. The summed E-state index contributed by atoms with van der Waals surface area (Å²) in [5.74, 6) is 0. The van der Waals surface area contributed by atoms with Crippen molar-refractivity contribution in [3.8, 4) is 11.3 Å². The number of likely N-dealkylation sites (tertiary alicyclic amines) is 1. The zero-order chi connectivity index (χ0) is 15.5. The van der Waals surface area contributed by atoms with Gasteiger partial charge in [0, 0.05) is 24.5 Å². The summed E-state index contributed by atoms with van der Waals surface area (Å²) in [5, 5.41) is 0. The first-order valence-electron chi connectivity index (χ1n) is 8.28. The summed E-state index contributed by atoms with van der Waals surface area (Å²) in [6.45, 7) is 3.46. The molecule has 4 rings (SSSR count). The molecule has 0 N–H and O–H groups in total. The van der Waals surface area contributed by atoms with Crippen LogP contribution in [0.2, 0.25) is 0 Å². The van der Waals surface area contributed by atoms with Crippen molar-refractivity contribution in [2.45, 2.75) is 25.8 Å². The van der Waals surface area contributed by atoms with Gasteiger partial charge in [0.1, 0.15) is 5.52 Å². The van der Waals surface area contributed by atoms with Gasteiger partial charge in [-0.3, -0.25) is 9.88 Å². The van der Waals surface area contributed by atoms with Crippen molar-refractivity contribution in [2.75, 3.05) is 13.1 Å². The lowest BCUT2D eigenvalue weighted by Crippen LogP contribution is -2.29. The van der Waals surface area contributed by atoms with Gasteiger partial charge in [-0.2, -0.15) is 0 Å². The van der Waals surface area contributed by atoms with E-state index in [0.29, 0.717) is 5.65 Å². The fourth-order valence-corrected chi connectivity index (χ4v) is 3.22. The summed E-state index contributed by atoms with van der Waals surface area (Å²) in [6, 6.07) is 12.7. The number of fused-ring (bicyclic) bond motifs is 1. The molecule has 1 aromatic carbocycles. The summed E-state index contributed by atoms with van der Waals surface area (Å²) < 4.78 is 0. The Morgan fingerprint density at radius 3 is 2.70 bits per heavy atom. The van der Waals surface area contributed by atoms with Crippen LogP contribution in [0, 0.1) is 0 Å². The van der Waals surface area contributed by atoms with E-state index in [1.807, 2.05) is 12.1 Å². The smallest absolute Gasteiger partial charge is 0.178 e. The van der Waals surface area contributed by atoms with Crippen molar-refractivity contribution < 1.29 is 0 Å². The molecular weight excluding hydrogens is 284 g/mol. The molecule has 0 saturated carbocycles. The third-order valence-electron chi connectivity index (χ3n) is 4.41. The first kappa shape index (κ1) is 14.3. The third-order valence-corrected chi connectivity index (χ3v) is 4.41. The van der Waals surface area contributed by atoms with E-state index in [0.717, 1.165) is 23.3 Å². The largest absolute Gasteiger partial charge is 0.299 e. The number of piperidine rings is 1. The lowest BCUT2D eigenvalue weighted by Gasteiger charge is -2.26. The zero-order valence-electron chi connectivity index (χ0n) is 13.2. The molecule has 3 aromatic rings. The number of rotatable bonds is 3. The minimum atomic E-state index is 0.700. The van der Waals surface area contributed by atoms with Crippen molar-refractivity contribution in [2.24, 2.45) is 0 Å². The molecule has 1 aliphatic heterocycles. The first-order valence-corrected chi connectivity index (χ1v) is 8.28. The molecule has 0 unspecified atom stereocenters. The summed E-state index contributed by atoms with van der Waals surface area (Å²) in [4.78, 5) is 15.8. The SMILES string of the molecule is c1cc(CN2CCCCC2)cc(-c2ccc3nccnc3n2)c1. The van der Waals surface area contributed by atoms with Gasteiger partial charge in [-0.15, -0.1) is 0 Å². The molecule has 4 nitrogen and oxygen atoms in total. The molecule has 2 aromatic heterocycles. The average Bonchev–Trinajstić information content (AvgIpc) is 2.62. The highest BCUT2D eigenvalue weighted by Crippen LogP contribution is 2.21. The van der Waals surface area contributed by atoms with Crippen molar-refractivity contribution in [3.05, 3.63) is 54.4 Å². The van der Waals surface area contributed by atoms with E-state index in [2.05, 4.69) is 44.1 Å². The summed E-state index contributed by atoms with van der Waals surface area (Å²) in [7, 11) is 0. The van der Waals surface area contributed by atoms with Crippen LogP contribution in [0.5, 0.6) is 0 Å². The Labute approximate surface area is 136 Å². The number of hydrogen-bond donors (Lipinski definition) is 0. The van der Waals surface area contributed by atoms with Crippen LogP contribution in [0.25, 0.3) is 22.4 Å². The molecule has 1 aliphatic rings. The van der Waals surface area contributed by atoms with E-state index >= 15 is 0 Å². The fourth-order valence-electron chi connectivity index (χ4n) is 3.22. The molecule has 0 atom stereocenters. The van der Waals surface area contributed by atoms with Crippen LogP contribution in [-0.4, -0.2) is 32.9 Å². The Balaban J connectivity index is 1.61. The molecule has 23 heavy (non-hydrogen) atoms. The van der Waals surface area contributed by atoms with Gasteiger partial charge in [0.15, 0.2) is 5.65 Å². The van der Waals surface area contributed by atoms with Crippen molar-refractivity contribution in [3.63, 3.8) is 0 Å². The highest BCUT2D eigenvalue weighted by Gasteiger charge is 2.11. The predicted molar refractivity (Wildman–Crippen MR) is 91.9 cm³/mol. The summed E-state index contributed by atoms with van der Waals surface area (Å²) >= 11 is 0. The Bertz CT molecular complexity index is 809. The van der Waals surface area contributed by atoms with Gasteiger partial charge in [0.2, 0.25) is 0 Å². The maximum Gasteiger partial charge on any atom is 0.178 e. The highest BCUT2D eigenvalue weighted by molar-refractivity contribution is 5.74. The predicted octanol–water partition coefficient (Wildman–Crippen LogP) is 3.68. The Hall–Kier alpha value is -2.33. The topological polar surface area (TPSA) is 41.9 Å². The van der Waals surface area contributed by atoms with Gasteiger partial charge < -0.3 is 0 Å².